The van der Waals surface area contributed by atoms with E-state index < -0.39 is 23.8 Å². The molecule has 0 fully saturated rings. The molecule has 0 amide bonds. The van der Waals surface area contributed by atoms with E-state index in [4.69, 9.17) is 9.52 Å². The summed E-state index contributed by atoms with van der Waals surface area (Å²) in [6.07, 6.45) is 0. The van der Waals surface area contributed by atoms with Gasteiger partial charge in [-0.15, -0.1) is 0 Å². The van der Waals surface area contributed by atoms with Crippen LogP contribution in [0.15, 0.2) is 38.3 Å². The van der Waals surface area contributed by atoms with E-state index in [1.165, 1.54) is 0 Å². The minimum atomic E-state index is -1.27. The molecular weight excluding hydrogens is 252 g/mol. The summed E-state index contributed by atoms with van der Waals surface area (Å²) in [7, 11) is 0. The Morgan fingerprint density at radius 1 is 1.32 bits per heavy atom. The maximum absolute atomic E-state index is 12.0. The number of hydrogen-bond acceptors (Lipinski definition) is 4. The highest BCUT2D eigenvalue weighted by Gasteiger charge is 2.15. The quantitative estimate of drug-likeness (QED) is 0.698. The zero-order valence-corrected chi connectivity index (χ0v) is 9.54. The van der Waals surface area contributed by atoms with E-state index in [1.54, 1.807) is 24.3 Å². The minimum absolute atomic E-state index is 0.0537. The number of aromatic nitrogens is 2. The Kier molecular flexibility index (Phi) is 2.28. The van der Waals surface area contributed by atoms with Crippen LogP contribution >= 0.6 is 0 Å². The molecule has 0 aliphatic heterocycles. The second-order valence-electron chi connectivity index (χ2n) is 4.02. The van der Waals surface area contributed by atoms with Gasteiger partial charge in [0.05, 0.1) is 0 Å². The average Bonchev–Trinajstić information content (AvgIpc) is 2.73. The molecule has 0 bridgehead atoms. The first-order valence-electron chi connectivity index (χ1n) is 5.44. The molecule has 3 aromatic rings. The molecule has 0 unspecified atom stereocenters. The van der Waals surface area contributed by atoms with Gasteiger partial charge in [0.1, 0.15) is 17.6 Å². The molecule has 1 aromatic carbocycles. The third kappa shape index (κ3) is 1.63. The number of furan rings is 1. The highest BCUT2D eigenvalue weighted by Crippen LogP contribution is 2.23. The fourth-order valence-electron chi connectivity index (χ4n) is 1.99. The number of aromatic amines is 1. The predicted octanol–water partition coefficient (Wildman–Crippen LogP) is 0.521. The van der Waals surface area contributed by atoms with Crippen LogP contribution in [0.5, 0.6) is 0 Å². The second-order valence-corrected chi connectivity index (χ2v) is 4.02. The third-order valence-corrected chi connectivity index (χ3v) is 2.81. The fourth-order valence-corrected chi connectivity index (χ4v) is 1.99. The molecule has 96 valence electrons. The molecule has 2 heterocycles. The number of nitrogens with one attached hydrogen (secondary N) is 1. The lowest BCUT2D eigenvalue weighted by atomic mass is 10.2. The number of para-hydroxylation sites is 1. The number of hydrogen-bond donors (Lipinski definition) is 2. The summed E-state index contributed by atoms with van der Waals surface area (Å²) in [6.45, 7) is -0.707. The maximum atomic E-state index is 12.0. The first-order valence-corrected chi connectivity index (χ1v) is 5.44. The van der Waals surface area contributed by atoms with E-state index >= 15 is 0 Å². The molecule has 2 N–H and O–H groups in total. The summed E-state index contributed by atoms with van der Waals surface area (Å²) in [4.78, 5) is 36.9. The van der Waals surface area contributed by atoms with Crippen LogP contribution in [0, 0.1) is 0 Å². The van der Waals surface area contributed by atoms with Crippen LogP contribution in [0.25, 0.3) is 22.1 Å². The predicted molar refractivity (Wildman–Crippen MR) is 66.2 cm³/mol. The number of aliphatic carboxylic acids is 1. The van der Waals surface area contributed by atoms with Crippen molar-refractivity contribution in [2.45, 2.75) is 6.54 Å². The van der Waals surface area contributed by atoms with Gasteiger partial charge in [-0.2, -0.15) is 0 Å². The van der Waals surface area contributed by atoms with Gasteiger partial charge in [-0.05, 0) is 12.1 Å². The summed E-state index contributed by atoms with van der Waals surface area (Å²) in [6, 6.07) is 6.85. The lowest BCUT2D eigenvalue weighted by molar-refractivity contribution is -0.137. The van der Waals surface area contributed by atoms with Crippen LogP contribution in [0.2, 0.25) is 0 Å². The van der Waals surface area contributed by atoms with Crippen LogP contribution in [0.3, 0.4) is 0 Å². The van der Waals surface area contributed by atoms with Crippen molar-refractivity contribution in [1.29, 1.82) is 0 Å². The van der Waals surface area contributed by atoms with E-state index in [0.29, 0.717) is 15.5 Å². The Bertz CT molecular complexity index is 915. The molecule has 7 heteroatoms. The van der Waals surface area contributed by atoms with Crippen molar-refractivity contribution < 1.29 is 14.3 Å². The van der Waals surface area contributed by atoms with Gasteiger partial charge in [0.25, 0.3) is 5.56 Å². The van der Waals surface area contributed by atoms with Crippen molar-refractivity contribution >= 4 is 28.0 Å². The zero-order valence-electron chi connectivity index (χ0n) is 9.54. The summed E-state index contributed by atoms with van der Waals surface area (Å²) in [5.74, 6) is -1.27. The molecule has 0 spiro atoms. The maximum Gasteiger partial charge on any atom is 0.329 e. The van der Waals surface area contributed by atoms with Crippen molar-refractivity contribution in [3.8, 4) is 0 Å². The lowest BCUT2D eigenvalue weighted by Gasteiger charge is -1.99. The van der Waals surface area contributed by atoms with E-state index in [-0.39, 0.29) is 11.1 Å². The number of nitrogens with zero attached hydrogens (tertiary/aromatic N) is 1. The van der Waals surface area contributed by atoms with Gasteiger partial charge in [0.2, 0.25) is 5.58 Å². The Balaban J connectivity index is 2.46. The second kappa shape index (κ2) is 3.84. The SMILES string of the molecule is O=C(O)Cn1c(=O)[nH]c2c(oc3ccccc32)c1=O. The summed E-state index contributed by atoms with van der Waals surface area (Å²) < 4.78 is 5.95. The van der Waals surface area contributed by atoms with Crippen molar-refractivity contribution in [1.82, 2.24) is 9.55 Å². The van der Waals surface area contributed by atoms with E-state index in [1.807, 2.05) is 0 Å². The summed E-state index contributed by atoms with van der Waals surface area (Å²) in [5.41, 5.74) is -0.837. The molecule has 0 saturated heterocycles. The van der Waals surface area contributed by atoms with Gasteiger partial charge < -0.3 is 14.5 Å². The topological polar surface area (TPSA) is 105 Å². The van der Waals surface area contributed by atoms with Crippen molar-refractivity contribution in [2.24, 2.45) is 0 Å². The lowest BCUT2D eigenvalue weighted by Crippen LogP contribution is -2.36. The Labute approximate surface area is 104 Å². The molecule has 0 atom stereocenters. The standard InChI is InChI=1S/C12H8N2O5/c15-8(16)5-14-11(17)10-9(13-12(14)18)6-3-1-2-4-7(6)19-10/h1-4H,5H2,(H,13,18)(H,15,16). The van der Waals surface area contributed by atoms with Gasteiger partial charge in [-0.1, -0.05) is 12.1 Å². The largest absolute Gasteiger partial charge is 0.480 e. The molecule has 0 aliphatic rings. The van der Waals surface area contributed by atoms with Crippen molar-refractivity contribution in [3.63, 3.8) is 0 Å². The van der Waals surface area contributed by atoms with Crippen molar-refractivity contribution in [3.05, 3.63) is 45.1 Å². The summed E-state index contributed by atoms with van der Waals surface area (Å²) >= 11 is 0. The van der Waals surface area contributed by atoms with Gasteiger partial charge in [-0.3, -0.25) is 9.59 Å². The van der Waals surface area contributed by atoms with Gasteiger partial charge in [0, 0.05) is 5.39 Å². The molecular formula is C12H8N2O5. The Hall–Kier alpha value is -2.83. The molecule has 0 aliphatic carbocycles. The third-order valence-electron chi connectivity index (χ3n) is 2.81. The number of H-pyrrole nitrogens is 1. The fraction of sp³-hybridized carbons (Fsp3) is 0.0833. The van der Waals surface area contributed by atoms with Crippen LogP contribution in [-0.2, 0) is 11.3 Å². The highest BCUT2D eigenvalue weighted by atomic mass is 16.4. The molecule has 0 radical (unpaired) electrons. The number of benzene rings is 1. The Morgan fingerprint density at radius 3 is 2.79 bits per heavy atom. The number of carboxylic acid groups (broad SMARTS) is 1. The van der Waals surface area contributed by atoms with E-state index in [0.717, 1.165) is 0 Å². The first-order chi connectivity index (χ1) is 9.08. The molecule has 7 nitrogen and oxygen atoms in total. The molecule has 2 aromatic heterocycles. The van der Waals surface area contributed by atoms with Crippen LogP contribution < -0.4 is 11.2 Å². The smallest absolute Gasteiger partial charge is 0.329 e. The molecule has 3 rings (SSSR count). The van der Waals surface area contributed by atoms with Gasteiger partial charge in [0.15, 0.2) is 0 Å². The van der Waals surface area contributed by atoms with Gasteiger partial charge in [-0.25, -0.2) is 9.36 Å². The van der Waals surface area contributed by atoms with Crippen molar-refractivity contribution in [2.75, 3.05) is 0 Å². The number of carboxylic acids is 1. The first kappa shape index (κ1) is 11.3. The van der Waals surface area contributed by atoms with E-state index in [9.17, 15) is 14.4 Å². The van der Waals surface area contributed by atoms with Crippen LogP contribution in [0.1, 0.15) is 0 Å². The molecule has 0 saturated carbocycles. The van der Waals surface area contributed by atoms with E-state index in [2.05, 4.69) is 4.98 Å². The van der Waals surface area contributed by atoms with Crippen LogP contribution in [-0.4, -0.2) is 20.6 Å². The number of carbonyl (C=O) groups is 1. The minimum Gasteiger partial charge on any atom is -0.480 e. The monoisotopic (exact) mass is 260 g/mol. The van der Waals surface area contributed by atoms with Crippen LogP contribution in [0.4, 0.5) is 0 Å². The van der Waals surface area contributed by atoms with Gasteiger partial charge >= 0.3 is 11.7 Å². The Morgan fingerprint density at radius 2 is 2.05 bits per heavy atom. The number of rotatable bonds is 2. The zero-order chi connectivity index (χ0) is 13.6. The average molecular weight is 260 g/mol. The number of fused-ring (bicyclic) bond motifs is 3. The molecule has 19 heavy (non-hydrogen) atoms. The highest BCUT2D eigenvalue weighted by molar-refractivity contribution is 6.01. The summed E-state index contributed by atoms with van der Waals surface area (Å²) in [5, 5.41) is 9.29. The normalized spacial score (nSPS) is 11.2.